The van der Waals surface area contributed by atoms with E-state index in [0.29, 0.717) is 17.6 Å². The van der Waals surface area contributed by atoms with Gasteiger partial charge in [-0.3, -0.25) is 14.4 Å². The van der Waals surface area contributed by atoms with Crippen molar-refractivity contribution in [2.24, 2.45) is 34.5 Å². The molecule has 0 radical (unpaired) electrons. The lowest BCUT2D eigenvalue weighted by Gasteiger charge is -2.61. The van der Waals surface area contributed by atoms with Gasteiger partial charge in [0.05, 0.1) is 11.8 Å². The van der Waals surface area contributed by atoms with E-state index in [1.54, 1.807) is 13.0 Å². The fourth-order valence-electron chi connectivity index (χ4n) is 7.70. The number of carbonyl (C=O) groups excluding carboxylic acids is 3. The average molecular weight is 389 g/mol. The summed E-state index contributed by atoms with van der Waals surface area (Å²) in [5.74, 6) is -1.12. The standard InChI is InChI=1S/C23H32O5/c1-13(24)18-7-8-19-17-6-5-15-11-16(26)12-23(27,28-14(2)25)22(15,4)20(17)9-10-21(18,19)3/h11,17-20,27H,5-10,12H2,1-4H3/t17-,18+,19-,20-,21+,22-,23?/m0/s1. The van der Waals surface area contributed by atoms with E-state index in [1.165, 1.54) is 6.92 Å². The highest BCUT2D eigenvalue weighted by atomic mass is 16.7. The van der Waals surface area contributed by atoms with Crippen LogP contribution < -0.4 is 0 Å². The quantitative estimate of drug-likeness (QED) is 0.578. The lowest BCUT2D eigenvalue weighted by Crippen LogP contribution is -2.62. The van der Waals surface area contributed by atoms with Crippen LogP contribution in [-0.2, 0) is 19.1 Å². The molecule has 0 bridgehead atoms. The highest BCUT2D eigenvalue weighted by molar-refractivity contribution is 5.93. The first-order chi connectivity index (χ1) is 13.0. The third-order valence-electron chi connectivity index (χ3n) is 8.96. The fourth-order valence-corrected chi connectivity index (χ4v) is 7.70. The zero-order chi connectivity index (χ0) is 20.5. The first-order valence-electron chi connectivity index (χ1n) is 10.7. The smallest absolute Gasteiger partial charge is 0.305 e. The van der Waals surface area contributed by atoms with Gasteiger partial charge in [0.1, 0.15) is 5.78 Å². The van der Waals surface area contributed by atoms with Gasteiger partial charge in [-0.2, -0.15) is 0 Å². The molecule has 4 aliphatic carbocycles. The van der Waals surface area contributed by atoms with Gasteiger partial charge >= 0.3 is 5.97 Å². The average Bonchev–Trinajstić information content (AvgIpc) is 2.93. The Morgan fingerprint density at radius 1 is 1.11 bits per heavy atom. The minimum absolute atomic E-state index is 0.0224. The molecule has 154 valence electrons. The van der Waals surface area contributed by atoms with Gasteiger partial charge in [-0.1, -0.05) is 12.5 Å². The Morgan fingerprint density at radius 3 is 2.46 bits per heavy atom. The molecule has 1 N–H and O–H groups in total. The SMILES string of the molecule is CC(=O)OC1(O)CC(=O)C=C2CC[C@H]3[C@@H]4CC[C@H](C(C)=O)[C@@]4(C)CC[C@@H]3[C@]21C. The van der Waals surface area contributed by atoms with E-state index in [1.807, 2.05) is 6.92 Å². The summed E-state index contributed by atoms with van der Waals surface area (Å²) in [7, 11) is 0. The molecule has 4 aliphatic rings. The van der Waals surface area contributed by atoms with Gasteiger partial charge in [-0.25, -0.2) is 0 Å². The summed E-state index contributed by atoms with van der Waals surface area (Å²) in [5.41, 5.74) is 0.207. The number of esters is 1. The molecule has 3 fully saturated rings. The predicted octanol–water partition coefficient (Wildman–Crippen LogP) is 3.59. The Balaban J connectivity index is 1.75. The molecule has 0 saturated heterocycles. The molecule has 0 aromatic carbocycles. The Hall–Kier alpha value is -1.49. The van der Waals surface area contributed by atoms with Crippen molar-refractivity contribution in [3.63, 3.8) is 0 Å². The van der Waals surface area contributed by atoms with Gasteiger partial charge in [0, 0.05) is 12.8 Å². The monoisotopic (exact) mass is 388 g/mol. The van der Waals surface area contributed by atoms with Gasteiger partial charge in [-0.15, -0.1) is 0 Å². The molecular formula is C23H32O5. The maximum absolute atomic E-state index is 12.3. The number of hydrogen-bond donors (Lipinski definition) is 1. The summed E-state index contributed by atoms with van der Waals surface area (Å²) in [6, 6.07) is 0. The molecule has 0 aromatic rings. The molecule has 7 atom stereocenters. The summed E-state index contributed by atoms with van der Waals surface area (Å²) in [4.78, 5) is 36.4. The lowest BCUT2D eigenvalue weighted by atomic mass is 9.45. The molecule has 5 nitrogen and oxygen atoms in total. The summed E-state index contributed by atoms with van der Waals surface area (Å²) < 4.78 is 5.47. The number of Topliss-reactive ketones (excluding diaryl/α,β-unsaturated/α-hetero) is 1. The van der Waals surface area contributed by atoms with Crippen molar-refractivity contribution in [2.75, 3.05) is 0 Å². The number of ether oxygens (including phenoxy) is 1. The number of carbonyl (C=O) groups is 3. The summed E-state index contributed by atoms with van der Waals surface area (Å²) in [6.45, 7) is 7.28. The first-order valence-corrected chi connectivity index (χ1v) is 10.7. The van der Waals surface area contributed by atoms with Crippen LogP contribution in [0.5, 0.6) is 0 Å². The second kappa shape index (κ2) is 6.25. The van der Waals surface area contributed by atoms with E-state index in [9.17, 15) is 19.5 Å². The minimum Gasteiger partial charge on any atom is -0.432 e. The Bertz CT molecular complexity index is 769. The van der Waals surface area contributed by atoms with Crippen LogP contribution >= 0.6 is 0 Å². The summed E-state index contributed by atoms with van der Waals surface area (Å²) in [6.07, 6.45) is 7.05. The maximum Gasteiger partial charge on any atom is 0.305 e. The van der Waals surface area contributed by atoms with Gasteiger partial charge in [0.25, 0.3) is 0 Å². The number of fused-ring (bicyclic) bond motifs is 5. The molecule has 0 amide bonds. The van der Waals surface area contributed by atoms with Gasteiger partial charge < -0.3 is 9.84 Å². The van der Waals surface area contributed by atoms with E-state index >= 15 is 0 Å². The number of aliphatic hydroxyl groups is 1. The predicted molar refractivity (Wildman–Crippen MR) is 103 cm³/mol. The van der Waals surface area contributed by atoms with E-state index in [-0.39, 0.29) is 29.5 Å². The molecule has 28 heavy (non-hydrogen) atoms. The molecule has 3 saturated carbocycles. The van der Waals surface area contributed by atoms with Crippen LogP contribution in [0.4, 0.5) is 0 Å². The molecule has 4 rings (SSSR count). The fraction of sp³-hybridized carbons (Fsp3) is 0.783. The molecule has 0 aliphatic heterocycles. The summed E-state index contributed by atoms with van der Waals surface area (Å²) >= 11 is 0. The zero-order valence-corrected chi connectivity index (χ0v) is 17.4. The topological polar surface area (TPSA) is 80.7 Å². The molecule has 0 aromatic heterocycles. The van der Waals surface area contributed by atoms with Crippen molar-refractivity contribution in [2.45, 2.75) is 78.4 Å². The van der Waals surface area contributed by atoms with Crippen molar-refractivity contribution < 1.29 is 24.2 Å². The zero-order valence-electron chi connectivity index (χ0n) is 17.4. The molecule has 0 spiro atoms. The van der Waals surface area contributed by atoms with Crippen LogP contribution in [0.1, 0.15) is 72.6 Å². The van der Waals surface area contributed by atoms with E-state index in [2.05, 4.69) is 6.92 Å². The van der Waals surface area contributed by atoms with Gasteiger partial charge in [0.2, 0.25) is 5.79 Å². The molecule has 0 heterocycles. The van der Waals surface area contributed by atoms with Crippen LogP contribution in [-0.4, -0.2) is 28.4 Å². The van der Waals surface area contributed by atoms with Gasteiger partial charge in [-0.05, 0) is 81.6 Å². The number of hydrogen-bond acceptors (Lipinski definition) is 5. The van der Waals surface area contributed by atoms with Crippen molar-refractivity contribution in [1.82, 2.24) is 0 Å². The molecular weight excluding hydrogens is 356 g/mol. The highest BCUT2D eigenvalue weighted by Crippen LogP contribution is 2.68. The van der Waals surface area contributed by atoms with Crippen LogP contribution in [0.3, 0.4) is 0 Å². The van der Waals surface area contributed by atoms with E-state index in [4.69, 9.17) is 4.74 Å². The van der Waals surface area contributed by atoms with Crippen molar-refractivity contribution in [3.8, 4) is 0 Å². The van der Waals surface area contributed by atoms with Crippen LogP contribution in [0.15, 0.2) is 11.6 Å². The van der Waals surface area contributed by atoms with Crippen molar-refractivity contribution in [3.05, 3.63) is 11.6 Å². The van der Waals surface area contributed by atoms with E-state index in [0.717, 1.165) is 44.1 Å². The lowest BCUT2D eigenvalue weighted by molar-refractivity contribution is -0.275. The molecule has 1 unspecified atom stereocenters. The Kier molecular flexibility index (Phi) is 4.42. The van der Waals surface area contributed by atoms with Crippen LogP contribution in [0.2, 0.25) is 0 Å². The highest BCUT2D eigenvalue weighted by Gasteiger charge is 2.66. The largest absolute Gasteiger partial charge is 0.432 e. The van der Waals surface area contributed by atoms with Crippen molar-refractivity contribution in [1.29, 1.82) is 0 Å². The first kappa shape index (κ1) is 19.8. The van der Waals surface area contributed by atoms with E-state index < -0.39 is 17.2 Å². The van der Waals surface area contributed by atoms with Gasteiger partial charge in [0.15, 0.2) is 5.78 Å². The summed E-state index contributed by atoms with van der Waals surface area (Å²) in [5, 5.41) is 11.5. The second-order valence-corrected chi connectivity index (χ2v) is 10.1. The molecule has 5 heteroatoms. The third kappa shape index (κ3) is 2.51. The van der Waals surface area contributed by atoms with Crippen molar-refractivity contribution >= 4 is 17.5 Å². The normalized spacial score (nSPS) is 47.5. The second-order valence-electron chi connectivity index (χ2n) is 10.1. The third-order valence-corrected chi connectivity index (χ3v) is 8.96. The Morgan fingerprint density at radius 2 is 1.82 bits per heavy atom. The van der Waals surface area contributed by atoms with Crippen LogP contribution in [0.25, 0.3) is 0 Å². The number of rotatable bonds is 2. The maximum atomic E-state index is 12.3. The van der Waals surface area contributed by atoms with Crippen LogP contribution in [0, 0.1) is 34.5 Å². The number of ketones is 2. The minimum atomic E-state index is -1.78. The Labute approximate surface area is 166 Å².